The normalized spacial score (nSPS) is 14.0. The Labute approximate surface area is 151 Å². The molecule has 0 aliphatic carbocycles. The monoisotopic (exact) mass is 348 g/mol. The predicted molar refractivity (Wildman–Crippen MR) is 98.0 cm³/mol. The van der Waals surface area contributed by atoms with Crippen molar-refractivity contribution in [3.63, 3.8) is 0 Å². The number of aromatic nitrogens is 3. The second-order valence-electron chi connectivity index (χ2n) is 6.44. The fraction of sp³-hybridized carbons (Fsp3) is 0.250. The molecule has 132 valence electrons. The maximum Gasteiger partial charge on any atom is 0.266 e. The molecule has 6 heteroatoms. The number of ether oxygens (including phenoxy) is 1. The largest absolute Gasteiger partial charge is 0.455 e. The number of pyridine rings is 1. The third-order valence-corrected chi connectivity index (χ3v) is 4.55. The average molecular weight is 348 g/mol. The summed E-state index contributed by atoms with van der Waals surface area (Å²) >= 11 is 0. The van der Waals surface area contributed by atoms with Gasteiger partial charge in [-0.05, 0) is 23.8 Å². The Hall–Kier alpha value is -2.99. The summed E-state index contributed by atoms with van der Waals surface area (Å²) in [7, 11) is 1.70. The molecule has 3 aromatic rings. The number of aryl methyl sites for hydroxylation is 1. The van der Waals surface area contributed by atoms with Crippen LogP contribution in [0.5, 0.6) is 11.5 Å². The number of para-hydroxylation sites is 1. The number of rotatable bonds is 4. The molecule has 0 spiro atoms. The predicted octanol–water partition coefficient (Wildman–Crippen LogP) is 2.53. The van der Waals surface area contributed by atoms with Gasteiger partial charge in [-0.25, -0.2) is 4.68 Å². The molecule has 0 N–H and O–H groups in total. The van der Waals surface area contributed by atoms with Crippen molar-refractivity contribution >= 4 is 0 Å². The van der Waals surface area contributed by atoms with E-state index in [0.29, 0.717) is 0 Å². The molecule has 3 heterocycles. The van der Waals surface area contributed by atoms with Crippen LogP contribution in [0.4, 0.5) is 0 Å². The Morgan fingerprint density at radius 1 is 1.19 bits per heavy atom. The van der Waals surface area contributed by atoms with Crippen molar-refractivity contribution in [2.45, 2.75) is 19.5 Å². The maximum atomic E-state index is 11.9. The van der Waals surface area contributed by atoms with Gasteiger partial charge in [-0.3, -0.25) is 14.7 Å². The average Bonchev–Trinajstić information content (AvgIpc) is 2.65. The van der Waals surface area contributed by atoms with E-state index in [-0.39, 0.29) is 5.56 Å². The van der Waals surface area contributed by atoms with Gasteiger partial charge in [0.05, 0.1) is 11.9 Å². The van der Waals surface area contributed by atoms with Gasteiger partial charge in [-0.1, -0.05) is 18.2 Å². The summed E-state index contributed by atoms with van der Waals surface area (Å²) in [5.41, 5.74) is 3.08. The van der Waals surface area contributed by atoms with Crippen molar-refractivity contribution in [1.29, 1.82) is 0 Å². The number of fused-ring (bicyclic) bond motifs is 1. The second kappa shape index (κ2) is 7.09. The van der Waals surface area contributed by atoms with E-state index < -0.39 is 0 Å². The number of hydrogen-bond donors (Lipinski definition) is 0. The summed E-state index contributed by atoms with van der Waals surface area (Å²) in [5, 5.41) is 4.37. The third kappa shape index (κ3) is 3.50. The lowest BCUT2D eigenvalue weighted by Gasteiger charge is -2.28. The molecular weight excluding hydrogens is 328 g/mol. The summed E-state index contributed by atoms with van der Waals surface area (Å²) in [4.78, 5) is 18.3. The quantitative estimate of drug-likeness (QED) is 0.725. The van der Waals surface area contributed by atoms with Gasteiger partial charge in [0.25, 0.3) is 5.56 Å². The van der Waals surface area contributed by atoms with Crippen LogP contribution < -0.4 is 10.3 Å². The van der Waals surface area contributed by atoms with Gasteiger partial charge in [0.15, 0.2) is 0 Å². The highest BCUT2D eigenvalue weighted by atomic mass is 16.5. The summed E-state index contributed by atoms with van der Waals surface area (Å²) in [6.07, 6.45) is 4.27. The second-order valence-corrected chi connectivity index (χ2v) is 6.44. The van der Waals surface area contributed by atoms with E-state index in [2.05, 4.69) is 21.0 Å². The number of nitrogens with zero attached hydrogens (tertiary/aromatic N) is 4. The first-order valence-corrected chi connectivity index (χ1v) is 8.63. The zero-order valence-corrected chi connectivity index (χ0v) is 14.6. The van der Waals surface area contributed by atoms with Gasteiger partial charge in [0.2, 0.25) is 0 Å². The highest BCUT2D eigenvalue weighted by molar-refractivity contribution is 5.37. The Bertz CT molecular complexity index is 969. The summed E-state index contributed by atoms with van der Waals surface area (Å²) in [6, 6.07) is 13.5. The highest BCUT2D eigenvalue weighted by Crippen LogP contribution is 2.27. The third-order valence-electron chi connectivity index (χ3n) is 4.55. The van der Waals surface area contributed by atoms with Crippen molar-refractivity contribution in [3.05, 3.63) is 82.0 Å². The van der Waals surface area contributed by atoms with E-state index in [1.165, 1.54) is 4.68 Å². The topological polar surface area (TPSA) is 60.2 Å². The lowest BCUT2D eigenvalue weighted by Crippen LogP contribution is -2.34. The molecule has 1 aliphatic rings. The molecule has 0 fully saturated rings. The van der Waals surface area contributed by atoms with Gasteiger partial charge in [-0.15, -0.1) is 0 Å². The Kier molecular flexibility index (Phi) is 4.50. The molecule has 6 nitrogen and oxygen atoms in total. The van der Waals surface area contributed by atoms with Crippen LogP contribution in [0, 0.1) is 0 Å². The minimum absolute atomic E-state index is 0.0640. The first-order valence-electron chi connectivity index (χ1n) is 8.63. The molecule has 0 bridgehead atoms. The molecule has 1 aromatic carbocycles. The molecule has 0 radical (unpaired) electrons. The lowest BCUT2D eigenvalue weighted by atomic mass is 10.1. The zero-order chi connectivity index (χ0) is 17.9. The van der Waals surface area contributed by atoms with Crippen molar-refractivity contribution in [2.24, 2.45) is 7.05 Å². The van der Waals surface area contributed by atoms with Crippen LogP contribution in [-0.2, 0) is 26.6 Å². The molecule has 26 heavy (non-hydrogen) atoms. The van der Waals surface area contributed by atoms with Crippen LogP contribution in [0.2, 0.25) is 0 Å². The van der Waals surface area contributed by atoms with Crippen LogP contribution in [0.15, 0.2) is 59.7 Å². The SMILES string of the molecule is Cn1nc2c(cc1=O)CN(Cc1ccccc1Oc1cccnc1)CC2. The zero-order valence-electron chi connectivity index (χ0n) is 14.6. The first kappa shape index (κ1) is 16.5. The van der Waals surface area contributed by atoms with Crippen LogP contribution >= 0.6 is 0 Å². The van der Waals surface area contributed by atoms with Gasteiger partial charge >= 0.3 is 0 Å². The number of benzene rings is 1. The lowest BCUT2D eigenvalue weighted by molar-refractivity contribution is 0.239. The molecule has 2 aromatic heterocycles. The van der Waals surface area contributed by atoms with Crippen LogP contribution in [-0.4, -0.2) is 26.2 Å². The van der Waals surface area contributed by atoms with Crippen LogP contribution in [0.3, 0.4) is 0 Å². The molecule has 0 atom stereocenters. The van der Waals surface area contributed by atoms with Gasteiger partial charge < -0.3 is 4.74 Å². The molecule has 0 amide bonds. The fourth-order valence-corrected chi connectivity index (χ4v) is 3.20. The van der Waals surface area contributed by atoms with E-state index >= 15 is 0 Å². The minimum atomic E-state index is -0.0640. The van der Waals surface area contributed by atoms with Gasteiger partial charge in [-0.2, -0.15) is 5.10 Å². The Balaban J connectivity index is 1.53. The van der Waals surface area contributed by atoms with E-state index in [1.54, 1.807) is 25.5 Å². The number of hydrogen-bond acceptors (Lipinski definition) is 5. The van der Waals surface area contributed by atoms with Crippen molar-refractivity contribution in [1.82, 2.24) is 19.7 Å². The standard InChI is InChI=1S/C20H20N4O2/c1-23-20(25)11-16-14-24(10-8-18(16)22-23)13-15-5-2-3-7-19(15)26-17-6-4-9-21-12-17/h2-7,9,11-12H,8,10,13-14H2,1H3. The Morgan fingerprint density at radius 3 is 2.92 bits per heavy atom. The fourth-order valence-electron chi connectivity index (χ4n) is 3.20. The van der Waals surface area contributed by atoms with Crippen molar-refractivity contribution in [2.75, 3.05) is 6.54 Å². The van der Waals surface area contributed by atoms with Crippen LogP contribution in [0.1, 0.15) is 16.8 Å². The molecule has 0 saturated heterocycles. The molecular formula is C20H20N4O2. The highest BCUT2D eigenvalue weighted by Gasteiger charge is 2.20. The molecule has 4 rings (SSSR count). The van der Waals surface area contributed by atoms with E-state index in [9.17, 15) is 4.79 Å². The van der Waals surface area contributed by atoms with Crippen LogP contribution in [0.25, 0.3) is 0 Å². The summed E-state index contributed by atoms with van der Waals surface area (Å²) in [6.45, 7) is 2.38. The van der Waals surface area contributed by atoms with Crippen molar-refractivity contribution in [3.8, 4) is 11.5 Å². The first-order chi connectivity index (χ1) is 12.7. The summed E-state index contributed by atoms with van der Waals surface area (Å²) in [5.74, 6) is 1.55. The summed E-state index contributed by atoms with van der Waals surface area (Å²) < 4.78 is 7.41. The minimum Gasteiger partial charge on any atom is -0.455 e. The van der Waals surface area contributed by atoms with E-state index in [4.69, 9.17) is 4.74 Å². The maximum absolute atomic E-state index is 11.9. The van der Waals surface area contributed by atoms with Gasteiger partial charge in [0.1, 0.15) is 11.5 Å². The smallest absolute Gasteiger partial charge is 0.266 e. The van der Waals surface area contributed by atoms with E-state index in [1.807, 2.05) is 30.3 Å². The van der Waals surface area contributed by atoms with E-state index in [0.717, 1.165) is 54.4 Å². The van der Waals surface area contributed by atoms with Gasteiger partial charge in [0, 0.05) is 50.9 Å². The molecule has 0 saturated carbocycles. The Morgan fingerprint density at radius 2 is 2.08 bits per heavy atom. The molecule has 0 unspecified atom stereocenters. The van der Waals surface area contributed by atoms with Crippen molar-refractivity contribution < 1.29 is 4.74 Å². The molecule has 1 aliphatic heterocycles.